The van der Waals surface area contributed by atoms with Gasteiger partial charge in [0.1, 0.15) is 5.88 Å². The van der Waals surface area contributed by atoms with Crippen LogP contribution >= 0.6 is 11.6 Å². The zero-order chi connectivity index (χ0) is 9.26. The average Bonchev–Trinajstić information content (AvgIpc) is 2.63. The van der Waals surface area contributed by atoms with E-state index >= 15 is 0 Å². The summed E-state index contributed by atoms with van der Waals surface area (Å²) in [5.74, 6) is 0.223. The Kier molecular flexibility index (Phi) is 2.74. The van der Waals surface area contributed by atoms with Crippen LogP contribution < -0.4 is 0 Å². The van der Waals surface area contributed by atoms with Gasteiger partial charge in [0.05, 0.1) is 0 Å². The van der Waals surface area contributed by atoms with Gasteiger partial charge in [-0.25, -0.2) is 0 Å². The highest BCUT2D eigenvalue weighted by molar-refractivity contribution is 6.27. The summed E-state index contributed by atoms with van der Waals surface area (Å²) < 4.78 is 0. The molecule has 0 saturated carbocycles. The van der Waals surface area contributed by atoms with Crippen LogP contribution in [0.2, 0.25) is 0 Å². The second-order valence-corrected chi connectivity index (χ2v) is 4.07. The molecule has 1 amide bonds. The van der Waals surface area contributed by atoms with Gasteiger partial charge in [-0.15, -0.1) is 11.6 Å². The maximum absolute atomic E-state index is 11.3. The molecule has 0 spiro atoms. The van der Waals surface area contributed by atoms with E-state index in [9.17, 15) is 4.79 Å². The molecular weight excluding hydrogens is 188 g/mol. The first kappa shape index (κ1) is 9.28. The van der Waals surface area contributed by atoms with E-state index in [4.69, 9.17) is 11.6 Å². The third-order valence-corrected chi connectivity index (χ3v) is 3.28. The predicted molar refractivity (Wildman–Crippen MR) is 51.9 cm³/mol. The summed E-state index contributed by atoms with van der Waals surface area (Å²) in [6.45, 7) is 4.01. The van der Waals surface area contributed by atoms with Gasteiger partial charge in [-0.3, -0.25) is 9.69 Å². The summed E-state index contributed by atoms with van der Waals surface area (Å²) in [6.07, 6.45) is 2.53. The van der Waals surface area contributed by atoms with Gasteiger partial charge >= 0.3 is 0 Å². The quantitative estimate of drug-likeness (QED) is 0.580. The minimum Gasteiger partial charge on any atom is -0.339 e. The largest absolute Gasteiger partial charge is 0.339 e. The van der Waals surface area contributed by atoms with Crippen LogP contribution in [0.3, 0.4) is 0 Å². The molecule has 0 bridgehead atoms. The second-order valence-electron chi connectivity index (χ2n) is 3.81. The Labute approximate surface area is 83.6 Å². The van der Waals surface area contributed by atoms with E-state index in [1.54, 1.807) is 0 Å². The molecule has 4 heteroatoms. The van der Waals surface area contributed by atoms with Crippen molar-refractivity contribution in [1.29, 1.82) is 0 Å². The lowest BCUT2D eigenvalue weighted by Crippen LogP contribution is -2.52. The number of carbonyl (C=O) groups excluding carboxylic acids is 1. The highest BCUT2D eigenvalue weighted by Crippen LogP contribution is 2.21. The van der Waals surface area contributed by atoms with Gasteiger partial charge < -0.3 is 4.90 Å². The molecular formula is C9H15ClN2O. The van der Waals surface area contributed by atoms with Crippen molar-refractivity contribution in [1.82, 2.24) is 9.80 Å². The normalized spacial score (nSPS) is 29.0. The van der Waals surface area contributed by atoms with Crippen molar-refractivity contribution in [3.8, 4) is 0 Å². The number of hydrogen-bond donors (Lipinski definition) is 0. The van der Waals surface area contributed by atoms with Crippen molar-refractivity contribution in [2.24, 2.45) is 0 Å². The topological polar surface area (TPSA) is 23.6 Å². The summed E-state index contributed by atoms with van der Waals surface area (Å²) in [5, 5.41) is 0. The van der Waals surface area contributed by atoms with Crippen molar-refractivity contribution >= 4 is 17.5 Å². The van der Waals surface area contributed by atoms with Crippen molar-refractivity contribution in [3.63, 3.8) is 0 Å². The molecule has 0 aromatic carbocycles. The summed E-state index contributed by atoms with van der Waals surface area (Å²) in [4.78, 5) is 15.7. The van der Waals surface area contributed by atoms with Crippen molar-refractivity contribution in [2.75, 3.05) is 32.1 Å². The fourth-order valence-electron chi connectivity index (χ4n) is 2.30. The molecule has 1 atom stereocenters. The van der Waals surface area contributed by atoms with E-state index in [1.165, 1.54) is 19.4 Å². The van der Waals surface area contributed by atoms with Crippen LogP contribution in [0.15, 0.2) is 0 Å². The lowest BCUT2D eigenvalue weighted by molar-refractivity contribution is -0.131. The summed E-state index contributed by atoms with van der Waals surface area (Å²) >= 11 is 5.52. The predicted octanol–water partition coefficient (Wildman–Crippen LogP) is 0.532. The number of carbonyl (C=O) groups is 1. The molecule has 0 radical (unpaired) electrons. The molecule has 0 aliphatic carbocycles. The van der Waals surface area contributed by atoms with E-state index < -0.39 is 0 Å². The molecule has 2 rings (SSSR count). The number of hydrogen-bond acceptors (Lipinski definition) is 2. The molecule has 13 heavy (non-hydrogen) atoms. The van der Waals surface area contributed by atoms with E-state index in [0.717, 1.165) is 19.6 Å². The zero-order valence-electron chi connectivity index (χ0n) is 7.71. The zero-order valence-corrected chi connectivity index (χ0v) is 8.46. The highest BCUT2D eigenvalue weighted by atomic mass is 35.5. The minimum atomic E-state index is 0.0909. The number of halogens is 1. The van der Waals surface area contributed by atoms with Crippen LogP contribution in [0, 0.1) is 0 Å². The monoisotopic (exact) mass is 202 g/mol. The van der Waals surface area contributed by atoms with Gasteiger partial charge in [0.15, 0.2) is 0 Å². The first-order valence-corrected chi connectivity index (χ1v) is 5.42. The number of piperazine rings is 1. The van der Waals surface area contributed by atoms with Gasteiger partial charge in [-0.05, 0) is 19.4 Å². The standard InChI is InChI=1S/C9H15ClN2O/c10-6-9(13)12-5-4-11-3-1-2-8(11)7-12/h8H,1-7H2. The first-order chi connectivity index (χ1) is 6.31. The van der Waals surface area contributed by atoms with Gasteiger partial charge in [0, 0.05) is 25.7 Å². The van der Waals surface area contributed by atoms with Gasteiger partial charge in [0.25, 0.3) is 0 Å². The maximum Gasteiger partial charge on any atom is 0.237 e. The fourth-order valence-corrected chi connectivity index (χ4v) is 2.47. The number of fused-ring (bicyclic) bond motifs is 1. The Morgan fingerprint density at radius 3 is 3.00 bits per heavy atom. The fraction of sp³-hybridized carbons (Fsp3) is 0.889. The molecule has 2 heterocycles. The number of rotatable bonds is 1. The Morgan fingerprint density at radius 2 is 2.23 bits per heavy atom. The smallest absolute Gasteiger partial charge is 0.237 e. The van der Waals surface area contributed by atoms with Crippen molar-refractivity contribution in [2.45, 2.75) is 18.9 Å². The highest BCUT2D eigenvalue weighted by Gasteiger charge is 2.31. The van der Waals surface area contributed by atoms with Crippen molar-refractivity contribution < 1.29 is 4.79 Å². The van der Waals surface area contributed by atoms with Crippen LogP contribution in [0.25, 0.3) is 0 Å². The number of alkyl halides is 1. The van der Waals surface area contributed by atoms with Gasteiger partial charge in [-0.2, -0.15) is 0 Å². The molecule has 0 aromatic heterocycles. The Hall–Kier alpha value is -0.280. The van der Waals surface area contributed by atoms with Gasteiger partial charge in [-0.1, -0.05) is 0 Å². The lowest BCUT2D eigenvalue weighted by atomic mass is 10.1. The first-order valence-electron chi connectivity index (χ1n) is 4.89. The summed E-state index contributed by atoms with van der Waals surface area (Å²) in [7, 11) is 0. The van der Waals surface area contributed by atoms with Crippen LogP contribution in [0.1, 0.15) is 12.8 Å². The SMILES string of the molecule is O=C(CCl)N1CCN2CCCC2C1. The molecule has 1 unspecified atom stereocenters. The van der Waals surface area contributed by atoms with E-state index in [0.29, 0.717) is 6.04 Å². The molecule has 2 saturated heterocycles. The average molecular weight is 203 g/mol. The summed E-state index contributed by atoms with van der Waals surface area (Å²) in [5.41, 5.74) is 0. The molecule has 74 valence electrons. The Morgan fingerprint density at radius 1 is 1.38 bits per heavy atom. The van der Waals surface area contributed by atoms with Crippen LogP contribution in [0.5, 0.6) is 0 Å². The minimum absolute atomic E-state index is 0.0909. The second kappa shape index (κ2) is 3.84. The van der Waals surface area contributed by atoms with Gasteiger partial charge in [0.2, 0.25) is 5.91 Å². The summed E-state index contributed by atoms with van der Waals surface area (Å²) in [6, 6.07) is 0.612. The maximum atomic E-state index is 11.3. The van der Waals surface area contributed by atoms with Crippen LogP contribution in [-0.4, -0.2) is 53.8 Å². The van der Waals surface area contributed by atoms with E-state index in [-0.39, 0.29) is 11.8 Å². The lowest BCUT2D eigenvalue weighted by Gasteiger charge is -2.37. The van der Waals surface area contributed by atoms with E-state index in [1.807, 2.05) is 4.90 Å². The van der Waals surface area contributed by atoms with Crippen molar-refractivity contribution in [3.05, 3.63) is 0 Å². The van der Waals surface area contributed by atoms with E-state index in [2.05, 4.69) is 4.90 Å². The number of amides is 1. The van der Waals surface area contributed by atoms with Crippen LogP contribution in [-0.2, 0) is 4.79 Å². The third kappa shape index (κ3) is 1.81. The molecule has 0 N–H and O–H groups in total. The molecule has 0 aromatic rings. The number of nitrogens with zero attached hydrogens (tertiary/aromatic N) is 2. The molecule has 2 aliphatic heterocycles. The van der Waals surface area contributed by atoms with Crippen LogP contribution in [0.4, 0.5) is 0 Å². The Balaban J connectivity index is 1.93. The molecule has 2 aliphatic rings. The molecule has 2 fully saturated rings. The molecule has 3 nitrogen and oxygen atoms in total. The third-order valence-electron chi connectivity index (χ3n) is 3.05. The Bertz CT molecular complexity index is 210.